The van der Waals surface area contributed by atoms with Gasteiger partial charge in [0.1, 0.15) is 0 Å². The van der Waals surface area contributed by atoms with Crippen molar-refractivity contribution in [1.82, 2.24) is 9.97 Å². The van der Waals surface area contributed by atoms with Crippen molar-refractivity contribution in [3.8, 4) is 0 Å². The molecule has 2 aromatic heterocycles. The minimum atomic E-state index is 0.329. The highest BCUT2D eigenvalue weighted by Crippen LogP contribution is 2.35. The topological polar surface area (TPSA) is 51.8 Å². The van der Waals surface area contributed by atoms with E-state index in [4.69, 9.17) is 5.73 Å². The van der Waals surface area contributed by atoms with E-state index < -0.39 is 0 Å². The molecule has 0 fully saturated rings. The third-order valence-corrected chi connectivity index (χ3v) is 3.67. The third-order valence-electron chi connectivity index (χ3n) is 3.67. The van der Waals surface area contributed by atoms with Crippen LogP contribution in [0.25, 0.3) is 0 Å². The predicted molar refractivity (Wildman–Crippen MR) is 72.4 cm³/mol. The van der Waals surface area contributed by atoms with Crippen LogP contribution in [-0.2, 0) is 6.42 Å². The van der Waals surface area contributed by atoms with Crippen molar-refractivity contribution in [1.29, 1.82) is 0 Å². The second-order valence-corrected chi connectivity index (χ2v) is 4.96. The maximum Gasteiger partial charge on any atom is 0.0526 e. The summed E-state index contributed by atoms with van der Waals surface area (Å²) in [6, 6.07) is 6.20. The lowest BCUT2D eigenvalue weighted by molar-refractivity contribution is 0.585. The van der Waals surface area contributed by atoms with E-state index in [1.165, 1.54) is 23.2 Å². The van der Waals surface area contributed by atoms with Gasteiger partial charge in [-0.1, -0.05) is 6.07 Å². The van der Waals surface area contributed by atoms with Crippen molar-refractivity contribution in [2.45, 2.75) is 32.1 Å². The van der Waals surface area contributed by atoms with Crippen LogP contribution in [0.2, 0.25) is 0 Å². The van der Waals surface area contributed by atoms with E-state index in [0.29, 0.717) is 5.92 Å². The van der Waals surface area contributed by atoms with Gasteiger partial charge in [0, 0.05) is 12.1 Å². The number of rotatable bonds is 1. The molecule has 1 unspecified atom stereocenters. The molecule has 0 aromatic carbocycles. The summed E-state index contributed by atoms with van der Waals surface area (Å²) in [6.45, 7) is 2.08. The Morgan fingerprint density at radius 3 is 3.00 bits per heavy atom. The molecular weight excluding hydrogens is 222 g/mol. The van der Waals surface area contributed by atoms with Crippen LogP contribution in [0.4, 0.5) is 5.69 Å². The van der Waals surface area contributed by atoms with E-state index in [1.807, 2.05) is 18.3 Å². The lowest BCUT2D eigenvalue weighted by atomic mass is 9.83. The van der Waals surface area contributed by atoms with Gasteiger partial charge in [-0.25, -0.2) is 0 Å². The third kappa shape index (κ3) is 1.86. The zero-order valence-electron chi connectivity index (χ0n) is 10.6. The summed E-state index contributed by atoms with van der Waals surface area (Å²) >= 11 is 0. The van der Waals surface area contributed by atoms with E-state index in [-0.39, 0.29) is 0 Å². The van der Waals surface area contributed by atoms with Crippen molar-refractivity contribution >= 4 is 5.69 Å². The van der Waals surface area contributed by atoms with Crippen LogP contribution in [0.5, 0.6) is 0 Å². The molecule has 1 aliphatic carbocycles. The van der Waals surface area contributed by atoms with Gasteiger partial charge >= 0.3 is 0 Å². The van der Waals surface area contributed by atoms with Crippen LogP contribution in [0.3, 0.4) is 0 Å². The molecule has 18 heavy (non-hydrogen) atoms. The van der Waals surface area contributed by atoms with Gasteiger partial charge < -0.3 is 5.73 Å². The minimum Gasteiger partial charge on any atom is -0.397 e. The van der Waals surface area contributed by atoms with Crippen molar-refractivity contribution in [3.63, 3.8) is 0 Å². The van der Waals surface area contributed by atoms with Crippen LogP contribution < -0.4 is 5.73 Å². The molecular formula is C15H17N3. The van der Waals surface area contributed by atoms with Gasteiger partial charge in [0.15, 0.2) is 0 Å². The maximum absolute atomic E-state index is 5.77. The molecule has 0 saturated carbocycles. The van der Waals surface area contributed by atoms with Crippen LogP contribution in [-0.4, -0.2) is 9.97 Å². The highest BCUT2D eigenvalue weighted by Gasteiger charge is 2.25. The van der Waals surface area contributed by atoms with Gasteiger partial charge in [0.05, 0.1) is 23.3 Å². The maximum atomic E-state index is 5.77. The summed E-state index contributed by atoms with van der Waals surface area (Å²) in [5.74, 6) is 0.329. The minimum absolute atomic E-state index is 0.329. The van der Waals surface area contributed by atoms with Crippen LogP contribution in [0.15, 0.2) is 30.6 Å². The van der Waals surface area contributed by atoms with Crippen LogP contribution in [0.1, 0.15) is 41.3 Å². The lowest BCUT2D eigenvalue weighted by Crippen LogP contribution is -2.15. The van der Waals surface area contributed by atoms with E-state index in [9.17, 15) is 0 Å². The fourth-order valence-electron chi connectivity index (χ4n) is 2.85. The zero-order valence-corrected chi connectivity index (χ0v) is 10.6. The Kier molecular flexibility index (Phi) is 2.74. The molecule has 1 aliphatic rings. The van der Waals surface area contributed by atoms with Crippen molar-refractivity contribution < 1.29 is 0 Å². The van der Waals surface area contributed by atoms with Crippen molar-refractivity contribution in [2.24, 2.45) is 0 Å². The molecule has 1 atom stereocenters. The monoisotopic (exact) mass is 239 g/mol. The summed E-state index contributed by atoms with van der Waals surface area (Å²) in [6.07, 6.45) is 7.09. The number of nitrogens with zero attached hydrogens (tertiary/aromatic N) is 2. The normalized spacial score (nSPS) is 18.4. The van der Waals surface area contributed by atoms with Crippen molar-refractivity contribution in [2.75, 3.05) is 5.73 Å². The number of pyridine rings is 2. The quantitative estimate of drug-likeness (QED) is 0.832. The smallest absolute Gasteiger partial charge is 0.0526 e. The summed E-state index contributed by atoms with van der Waals surface area (Å²) in [7, 11) is 0. The standard InChI is InChI=1S/C15H17N3/c1-10-8-12(16)9-18-14(10)13-6-2-4-11-5-3-7-17-15(11)13/h3,5,7-9,13H,2,4,6,16H2,1H3. The van der Waals surface area contributed by atoms with E-state index in [1.54, 1.807) is 6.20 Å². The fourth-order valence-corrected chi connectivity index (χ4v) is 2.85. The summed E-state index contributed by atoms with van der Waals surface area (Å²) in [4.78, 5) is 9.10. The Bertz CT molecular complexity index is 578. The molecule has 3 nitrogen and oxygen atoms in total. The second-order valence-electron chi connectivity index (χ2n) is 4.96. The molecule has 2 aromatic rings. The van der Waals surface area contributed by atoms with Crippen LogP contribution in [0, 0.1) is 6.92 Å². The average Bonchev–Trinajstić information content (AvgIpc) is 2.38. The molecule has 0 aliphatic heterocycles. The summed E-state index contributed by atoms with van der Waals surface area (Å²) in [5, 5.41) is 0. The lowest BCUT2D eigenvalue weighted by Gasteiger charge is -2.25. The van der Waals surface area contributed by atoms with Gasteiger partial charge in [0.25, 0.3) is 0 Å². The number of nitrogens with two attached hydrogens (primary N) is 1. The van der Waals surface area contributed by atoms with E-state index >= 15 is 0 Å². The molecule has 2 N–H and O–H groups in total. The molecule has 2 heterocycles. The summed E-state index contributed by atoms with van der Waals surface area (Å²) in [5.41, 5.74) is 11.4. The number of fused-ring (bicyclic) bond motifs is 1. The largest absolute Gasteiger partial charge is 0.397 e. The molecule has 0 saturated heterocycles. The summed E-state index contributed by atoms with van der Waals surface area (Å²) < 4.78 is 0. The molecule has 3 rings (SSSR count). The number of nitrogen functional groups attached to an aromatic ring is 1. The van der Waals surface area contributed by atoms with Gasteiger partial charge in [-0.3, -0.25) is 9.97 Å². The van der Waals surface area contributed by atoms with Gasteiger partial charge in [-0.15, -0.1) is 0 Å². The first-order valence-corrected chi connectivity index (χ1v) is 6.41. The molecule has 0 amide bonds. The molecule has 0 radical (unpaired) electrons. The first-order chi connectivity index (χ1) is 8.75. The van der Waals surface area contributed by atoms with Gasteiger partial charge in [-0.2, -0.15) is 0 Å². The molecule has 0 bridgehead atoms. The van der Waals surface area contributed by atoms with E-state index in [2.05, 4.69) is 23.0 Å². The number of anilines is 1. The van der Waals surface area contributed by atoms with Gasteiger partial charge in [0.2, 0.25) is 0 Å². The first-order valence-electron chi connectivity index (χ1n) is 6.41. The zero-order chi connectivity index (χ0) is 12.5. The Labute approximate surface area is 107 Å². The number of aromatic nitrogens is 2. The Hall–Kier alpha value is -1.90. The highest BCUT2D eigenvalue weighted by atomic mass is 14.8. The predicted octanol–water partition coefficient (Wildman–Crippen LogP) is 2.84. The fraction of sp³-hybridized carbons (Fsp3) is 0.333. The average molecular weight is 239 g/mol. The Balaban J connectivity index is 2.08. The van der Waals surface area contributed by atoms with Gasteiger partial charge in [-0.05, 0) is 49.4 Å². The number of hydrogen-bond donors (Lipinski definition) is 1. The molecule has 92 valence electrons. The SMILES string of the molecule is Cc1cc(N)cnc1C1CCCc2cccnc21. The first kappa shape index (κ1) is 11.2. The molecule has 3 heteroatoms. The van der Waals surface area contributed by atoms with Crippen LogP contribution >= 0.6 is 0 Å². The Morgan fingerprint density at radius 1 is 1.28 bits per heavy atom. The second kappa shape index (κ2) is 4.41. The number of aryl methyl sites for hydroxylation is 2. The number of hydrogen-bond acceptors (Lipinski definition) is 3. The van der Waals surface area contributed by atoms with Crippen molar-refractivity contribution in [3.05, 3.63) is 53.1 Å². The highest BCUT2D eigenvalue weighted by molar-refractivity contribution is 5.43. The van der Waals surface area contributed by atoms with E-state index in [0.717, 1.165) is 24.2 Å². The molecule has 0 spiro atoms. The Morgan fingerprint density at radius 2 is 2.17 bits per heavy atom.